The first kappa shape index (κ1) is 10.6. The van der Waals surface area contributed by atoms with E-state index in [1.54, 1.807) is 36.4 Å². The van der Waals surface area contributed by atoms with Crippen LogP contribution < -0.4 is 0 Å². The fourth-order valence-corrected chi connectivity index (χ4v) is 1.51. The number of hydrogen-bond donors (Lipinski definition) is 1. The number of hydrogen-bond acceptors (Lipinski definition) is 3. The summed E-state index contributed by atoms with van der Waals surface area (Å²) in [6.07, 6.45) is 0.684. The van der Waals surface area contributed by atoms with Crippen LogP contribution in [-0.4, -0.2) is 17.0 Å². The molecule has 1 atom stereocenters. The summed E-state index contributed by atoms with van der Waals surface area (Å²) in [5.74, 6) is 0.328. The highest BCUT2D eigenvalue weighted by molar-refractivity contribution is 5.99. The predicted octanol–water partition coefficient (Wildman–Crippen LogP) is 2.07. The highest BCUT2D eigenvalue weighted by Crippen LogP contribution is 2.09. The van der Waals surface area contributed by atoms with E-state index in [0.717, 1.165) is 0 Å². The van der Waals surface area contributed by atoms with Gasteiger partial charge in [-0.2, -0.15) is 0 Å². The lowest BCUT2D eigenvalue weighted by atomic mass is 10.0. The molecule has 0 aliphatic carbocycles. The highest BCUT2D eigenvalue weighted by atomic mass is 16.3. The minimum absolute atomic E-state index is 0.209. The molecule has 0 fully saturated rings. The predicted molar refractivity (Wildman–Crippen MR) is 59.2 cm³/mol. The van der Waals surface area contributed by atoms with E-state index in [4.69, 9.17) is 4.42 Å². The number of carbonyl (C=O) groups is 1. The highest BCUT2D eigenvalue weighted by Gasteiger charge is 2.18. The summed E-state index contributed by atoms with van der Waals surface area (Å²) >= 11 is 0. The molecule has 0 aliphatic rings. The van der Waals surface area contributed by atoms with Crippen LogP contribution in [0.1, 0.15) is 16.1 Å². The molecular formula is C13H12O3. The van der Waals surface area contributed by atoms with E-state index in [9.17, 15) is 9.90 Å². The molecule has 3 heteroatoms. The van der Waals surface area contributed by atoms with E-state index in [1.807, 2.05) is 6.07 Å². The minimum Gasteiger partial charge on any atom is -0.469 e. The summed E-state index contributed by atoms with van der Waals surface area (Å²) in [6, 6.07) is 12.2. The van der Waals surface area contributed by atoms with Crippen molar-refractivity contribution in [3.05, 3.63) is 60.1 Å². The van der Waals surface area contributed by atoms with Crippen molar-refractivity contribution in [3.63, 3.8) is 0 Å². The smallest absolute Gasteiger partial charge is 0.191 e. The molecule has 0 spiro atoms. The van der Waals surface area contributed by atoms with E-state index in [1.165, 1.54) is 6.26 Å². The summed E-state index contributed by atoms with van der Waals surface area (Å²) in [6.45, 7) is 0. The lowest BCUT2D eigenvalue weighted by Gasteiger charge is -2.07. The Morgan fingerprint density at radius 1 is 1.19 bits per heavy atom. The van der Waals surface area contributed by atoms with E-state index < -0.39 is 6.10 Å². The van der Waals surface area contributed by atoms with Crippen LogP contribution in [0.15, 0.2) is 53.1 Å². The number of Topliss-reactive ketones (excluding diaryl/α,β-unsaturated/α-hetero) is 1. The Bertz CT molecular complexity index is 445. The molecule has 16 heavy (non-hydrogen) atoms. The third-order valence-electron chi connectivity index (χ3n) is 2.34. The molecule has 1 aromatic carbocycles. The Morgan fingerprint density at radius 2 is 1.94 bits per heavy atom. The SMILES string of the molecule is O=C(c1ccccc1)C(O)Cc1ccco1. The summed E-state index contributed by atoms with van der Waals surface area (Å²) in [5, 5.41) is 9.73. The maximum Gasteiger partial charge on any atom is 0.191 e. The lowest BCUT2D eigenvalue weighted by molar-refractivity contribution is 0.0737. The van der Waals surface area contributed by atoms with Gasteiger partial charge in [0.25, 0.3) is 0 Å². The third kappa shape index (κ3) is 2.38. The standard InChI is InChI=1S/C13H12O3/c14-12(9-11-7-4-8-16-11)13(15)10-5-2-1-3-6-10/h1-8,12,14H,9H2. The molecule has 0 aliphatic heterocycles. The van der Waals surface area contributed by atoms with E-state index in [2.05, 4.69) is 0 Å². The normalized spacial score (nSPS) is 12.3. The molecule has 0 radical (unpaired) electrons. The molecular weight excluding hydrogens is 204 g/mol. The Morgan fingerprint density at radius 3 is 2.56 bits per heavy atom. The molecule has 2 rings (SSSR count). The number of ketones is 1. The fourth-order valence-electron chi connectivity index (χ4n) is 1.51. The van der Waals surface area contributed by atoms with Crippen molar-refractivity contribution < 1.29 is 14.3 Å². The minimum atomic E-state index is -1.05. The third-order valence-corrected chi connectivity index (χ3v) is 2.34. The second-order valence-electron chi connectivity index (χ2n) is 3.53. The maximum absolute atomic E-state index is 11.8. The topological polar surface area (TPSA) is 50.4 Å². The molecule has 2 aromatic rings. The van der Waals surface area contributed by atoms with Gasteiger partial charge in [0, 0.05) is 12.0 Å². The van der Waals surface area contributed by atoms with Gasteiger partial charge in [-0.05, 0) is 12.1 Å². The molecule has 0 bridgehead atoms. The molecule has 0 saturated heterocycles. The summed E-state index contributed by atoms with van der Waals surface area (Å²) in [4.78, 5) is 11.8. The van der Waals surface area contributed by atoms with Crippen molar-refractivity contribution >= 4 is 5.78 Å². The van der Waals surface area contributed by atoms with Crippen LogP contribution in [0.4, 0.5) is 0 Å². The van der Waals surface area contributed by atoms with Gasteiger partial charge in [0.1, 0.15) is 11.9 Å². The zero-order chi connectivity index (χ0) is 11.4. The Balaban J connectivity index is 2.05. The molecule has 1 heterocycles. The van der Waals surface area contributed by atoms with E-state index >= 15 is 0 Å². The van der Waals surface area contributed by atoms with Gasteiger partial charge in [0.05, 0.1) is 6.26 Å². The van der Waals surface area contributed by atoms with E-state index in [-0.39, 0.29) is 12.2 Å². The Hall–Kier alpha value is -1.87. The van der Waals surface area contributed by atoms with Crippen LogP contribution >= 0.6 is 0 Å². The number of aliphatic hydroxyl groups is 1. The Labute approximate surface area is 93.3 Å². The quantitative estimate of drug-likeness (QED) is 0.796. The van der Waals surface area contributed by atoms with Crippen molar-refractivity contribution in [1.29, 1.82) is 0 Å². The van der Waals surface area contributed by atoms with Crippen LogP contribution in [0.3, 0.4) is 0 Å². The van der Waals surface area contributed by atoms with Gasteiger partial charge in [-0.1, -0.05) is 30.3 Å². The molecule has 1 N–H and O–H groups in total. The number of carbonyl (C=O) groups excluding carboxylic acids is 1. The monoisotopic (exact) mass is 216 g/mol. The van der Waals surface area contributed by atoms with Gasteiger partial charge in [0.15, 0.2) is 5.78 Å². The second kappa shape index (κ2) is 4.77. The fraction of sp³-hybridized carbons (Fsp3) is 0.154. The molecule has 1 unspecified atom stereocenters. The van der Waals surface area contributed by atoms with Crippen LogP contribution in [0.25, 0.3) is 0 Å². The first-order valence-electron chi connectivity index (χ1n) is 5.07. The van der Waals surface area contributed by atoms with Gasteiger partial charge in [-0.15, -0.1) is 0 Å². The largest absolute Gasteiger partial charge is 0.469 e. The zero-order valence-corrected chi connectivity index (χ0v) is 8.67. The first-order valence-corrected chi connectivity index (χ1v) is 5.07. The summed E-state index contributed by atoms with van der Waals surface area (Å²) in [7, 11) is 0. The zero-order valence-electron chi connectivity index (χ0n) is 8.67. The van der Waals surface area contributed by atoms with Crippen LogP contribution in [0.5, 0.6) is 0 Å². The van der Waals surface area contributed by atoms with Crippen LogP contribution in [0.2, 0.25) is 0 Å². The molecule has 0 amide bonds. The summed E-state index contributed by atoms with van der Waals surface area (Å²) in [5.41, 5.74) is 0.515. The number of rotatable bonds is 4. The lowest BCUT2D eigenvalue weighted by Crippen LogP contribution is -2.22. The number of aliphatic hydroxyl groups excluding tert-OH is 1. The second-order valence-corrected chi connectivity index (χ2v) is 3.53. The van der Waals surface area contributed by atoms with Crippen LogP contribution in [-0.2, 0) is 6.42 Å². The molecule has 0 saturated carbocycles. The van der Waals surface area contributed by atoms with Crippen molar-refractivity contribution in [1.82, 2.24) is 0 Å². The van der Waals surface area contributed by atoms with Gasteiger partial charge in [0.2, 0.25) is 0 Å². The Kier molecular flexibility index (Phi) is 3.17. The molecule has 82 valence electrons. The molecule has 3 nitrogen and oxygen atoms in total. The molecule has 1 aromatic heterocycles. The summed E-state index contributed by atoms with van der Waals surface area (Å²) < 4.78 is 5.08. The number of furan rings is 1. The van der Waals surface area contributed by atoms with Gasteiger partial charge < -0.3 is 9.52 Å². The van der Waals surface area contributed by atoms with Crippen LogP contribution in [0, 0.1) is 0 Å². The average Bonchev–Trinajstić information content (AvgIpc) is 2.82. The van der Waals surface area contributed by atoms with Gasteiger partial charge in [-0.3, -0.25) is 4.79 Å². The first-order chi connectivity index (χ1) is 7.77. The van der Waals surface area contributed by atoms with Crippen molar-refractivity contribution in [2.45, 2.75) is 12.5 Å². The van der Waals surface area contributed by atoms with Crippen molar-refractivity contribution in [2.75, 3.05) is 0 Å². The van der Waals surface area contributed by atoms with E-state index in [0.29, 0.717) is 11.3 Å². The maximum atomic E-state index is 11.8. The van der Waals surface area contributed by atoms with Crippen molar-refractivity contribution in [3.8, 4) is 0 Å². The van der Waals surface area contributed by atoms with Gasteiger partial charge >= 0.3 is 0 Å². The average molecular weight is 216 g/mol. The number of benzene rings is 1. The van der Waals surface area contributed by atoms with Gasteiger partial charge in [-0.25, -0.2) is 0 Å². The van der Waals surface area contributed by atoms with Crippen molar-refractivity contribution in [2.24, 2.45) is 0 Å².